The number of ketones is 1. The van der Waals surface area contributed by atoms with Crippen LogP contribution in [0.3, 0.4) is 0 Å². The summed E-state index contributed by atoms with van der Waals surface area (Å²) in [5.41, 5.74) is 3.13. The molecule has 1 saturated carbocycles. The predicted molar refractivity (Wildman–Crippen MR) is 117 cm³/mol. The minimum Gasteiger partial charge on any atom is -0.330 e. The SMILES string of the molecule is O=C(CSc1nnc(Nc2ccccc2)s1)c1ccc(C2CCCCC2)cc1. The normalized spacial score (nSPS) is 14.7. The third-order valence-electron chi connectivity index (χ3n) is 5.07. The molecular weight excluding hydrogens is 386 g/mol. The first-order chi connectivity index (χ1) is 13.8. The average molecular weight is 410 g/mol. The summed E-state index contributed by atoms with van der Waals surface area (Å²) in [4.78, 5) is 12.5. The molecule has 0 saturated heterocycles. The van der Waals surface area contributed by atoms with Crippen LogP contribution in [-0.4, -0.2) is 21.7 Å². The lowest BCUT2D eigenvalue weighted by Gasteiger charge is -2.22. The Balaban J connectivity index is 1.30. The molecule has 4 rings (SSSR count). The fraction of sp³-hybridized carbons (Fsp3) is 0.318. The fourth-order valence-electron chi connectivity index (χ4n) is 3.55. The van der Waals surface area contributed by atoms with Crippen molar-refractivity contribution in [3.8, 4) is 0 Å². The second-order valence-electron chi connectivity index (χ2n) is 7.03. The monoisotopic (exact) mass is 409 g/mol. The molecule has 1 aliphatic carbocycles. The van der Waals surface area contributed by atoms with Gasteiger partial charge in [-0.2, -0.15) is 0 Å². The van der Waals surface area contributed by atoms with Crippen LogP contribution in [-0.2, 0) is 0 Å². The highest BCUT2D eigenvalue weighted by Gasteiger charge is 2.16. The van der Waals surface area contributed by atoms with Crippen molar-refractivity contribution in [1.82, 2.24) is 10.2 Å². The van der Waals surface area contributed by atoms with Crippen LogP contribution in [0.5, 0.6) is 0 Å². The van der Waals surface area contributed by atoms with E-state index in [-0.39, 0.29) is 5.78 Å². The third kappa shape index (κ3) is 5.00. The van der Waals surface area contributed by atoms with Crippen LogP contribution in [0.1, 0.15) is 53.9 Å². The van der Waals surface area contributed by atoms with E-state index in [4.69, 9.17) is 0 Å². The molecular formula is C22H23N3OS2. The molecule has 0 atom stereocenters. The summed E-state index contributed by atoms with van der Waals surface area (Å²) >= 11 is 2.91. The number of benzene rings is 2. The number of Topliss-reactive ketones (excluding diaryl/α,β-unsaturated/α-hetero) is 1. The lowest BCUT2D eigenvalue weighted by atomic mass is 9.84. The largest absolute Gasteiger partial charge is 0.330 e. The van der Waals surface area contributed by atoms with Gasteiger partial charge in [-0.15, -0.1) is 10.2 Å². The zero-order chi connectivity index (χ0) is 19.2. The number of hydrogen-bond donors (Lipinski definition) is 1. The summed E-state index contributed by atoms with van der Waals surface area (Å²) in [7, 11) is 0. The van der Waals surface area contributed by atoms with Gasteiger partial charge < -0.3 is 5.32 Å². The van der Waals surface area contributed by atoms with Crippen LogP contribution in [0.4, 0.5) is 10.8 Å². The van der Waals surface area contributed by atoms with Crippen LogP contribution in [0.15, 0.2) is 58.9 Å². The predicted octanol–water partition coefficient (Wildman–Crippen LogP) is 6.30. The van der Waals surface area contributed by atoms with Crippen molar-refractivity contribution in [1.29, 1.82) is 0 Å². The molecule has 6 heteroatoms. The van der Waals surface area contributed by atoms with Gasteiger partial charge in [-0.1, -0.05) is 84.8 Å². The van der Waals surface area contributed by atoms with Crippen molar-refractivity contribution < 1.29 is 4.79 Å². The Hall–Kier alpha value is -2.18. The molecule has 1 aromatic heterocycles. The quantitative estimate of drug-likeness (QED) is 0.366. The smallest absolute Gasteiger partial charge is 0.210 e. The molecule has 0 aliphatic heterocycles. The summed E-state index contributed by atoms with van der Waals surface area (Å²) in [6, 6.07) is 18.1. The van der Waals surface area contributed by atoms with Crippen LogP contribution in [0.25, 0.3) is 0 Å². The van der Waals surface area contributed by atoms with Gasteiger partial charge in [0.05, 0.1) is 5.75 Å². The van der Waals surface area contributed by atoms with E-state index in [1.54, 1.807) is 0 Å². The molecule has 1 N–H and O–H groups in total. The average Bonchev–Trinajstić information content (AvgIpc) is 3.21. The lowest BCUT2D eigenvalue weighted by Crippen LogP contribution is -2.06. The van der Waals surface area contributed by atoms with Crippen LogP contribution in [0.2, 0.25) is 0 Å². The first-order valence-electron chi connectivity index (χ1n) is 9.69. The topological polar surface area (TPSA) is 54.9 Å². The first-order valence-corrected chi connectivity index (χ1v) is 11.5. The van der Waals surface area contributed by atoms with E-state index in [1.165, 1.54) is 60.8 Å². The van der Waals surface area contributed by atoms with Gasteiger partial charge in [-0.05, 0) is 36.5 Å². The lowest BCUT2D eigenvalue weighted by molar-refractivity contribution is 0.102. The molecule has 0 spiro atoms. The molecule has 28 heavy (non-hydrogen) atoms. The minimum absolute atomic E-state index is 0.132. The Morgan fingerprint density at radius 2 is 1.75 bits per heavy atom. The van der Waals surface area contributed by atoms with Gasteiger partial charge in [-0.3, -0.25) is 4.79 Å². The number of nitrogens with zero attached hydrogens (tertiary/aromatic N) is 2. The van der Waals surface area contributed by atoms with Crippen LogP contribution in [0, 0.1) is 0 Å². The molecule has 144 valence electrons. The number of para-hydroxylation sites is 1. The third-order valence-corrected chi connectivity index (χ3v) is 7.04. The van der Waals surface area contributed by atoms with Crippen molar-refractivity contribution in [2.75, 3.05) is 11.1 Å². The summed E-state index contributed by atoms with van der Waals surface area (Å²) < 4.78 is 0.797. The molecule has 3 aromatic rings. The minimum atomic E-state index is 0.132. The molecule has 1 heterocycles. The van der Waals surface area contributed by atoms with Gasteiger partial charge >= 0.3 is 0 Å². The van der Waals surface area contributed by atoms with Gasteiger partial charge in [0.1, 0.15) is 0 Å². The second-order valence-corrected chi connectivity index (χ2v) is 9.23. The van der Waals surface area contributed by atoms with Crippen molar-refractivity contribution >= 4 is 39.7 Å². The van der Waals surface area contributed by atoms with E-state index in [0.29, 0.717) is 11.7 Å². The van der Waals surface area contributed by atoms with E-state index in [0.717, 1.165) is 20.7 Å². The molecule has 0 amide bonds. The molecule has 4 nitrogen and oxygen atoms in total. The number of hydrogen-bond acceptors (Lipinski definition) is 6. The molecule has 0 bridgehead atoms. The van der Waals surface area contributed by atoms with E-state index in [9.17, 15) is 4.79 Å². The summed E-state index contributed by atoms with van der Waals surface area (Å²) in [6.45, 7) is 0. The van der Waals surface area contributed by atoms with Gasteiger partial charge in [-0.25, -0.2) is 0 Å². The Kier molecular flexibility index (Phi) is 6.39. The highest BCUT2D eigenvalue weighted by Crippen LogP contribution is 2.33. The van der Waals surface area contributed by atoms with Gasteiger partial charge in [0.25, 0.3) is 0 Å². The first kappa shape index (κ1) is 19.2. The summed E-state index contributed by atoms with van der Waals surface area (Å²) in [6.07, 6.45) is 6.56. The fourth-order valence-corrected chi connectivity index (χ4v) is 5.22. The molecule has 1 fully saturated rings. The number of nitrogens with one attached hydrogen (secondary N) is 1. The number of carbonyl (C=O) groups is 1. The second kappa shape index (κ2) is 9.34. The van der Waals surface area contributed by atoms with E-state index in [1.807, 2.05) is 42.5 Å². The number of aromatic nitrogens is 2. The van der Waals surface area contributed by atoms with Crippen molar-refractivity contribution in [3.63, 3.8) is 0 Å². The Labute approximate surface area is 173 Å². The highest BCUT2D eigenvalue weighted by molar-refractivity contribution is 8.01. The van der Waals surface area contributed by atoms with Gasteiger partial charge in [0.2, 0.25) is 5.13 Å². The number of carbonyl (C=O) groups excluding carboxylic acids is 1. The number of anilines is 2. The van der Waals surface area contributed by atoms with Crippen molar-refractivity contribution in [2.24, 2.45) is 0 Å². The van der Waals surface area contributed by atoms with Crippen molar-refractivity contribution in [3.05, 3.63) is 65.7 Å². The summed E-state index contributed by atoms with van der Waals surface area (Å²) in [5, 5.41) is 12.3. The number of rotatable bonds is 7. The maximum Gasteiger partial charge on any atom is 0.210 e. The van der Waals surface area contributed by atoms with Gasteiger partial charge in [0.15, 0.2) is 10.1 Å². The van der Waals surface area contributed by atoms with Crippen LogP contribution < -0.4 is 5.32 Å². The molecule has 2 aromatic carbocycles. The van der Waals surface area contributed by atoms with E-state index in [2.05, 4.69) is 27.6 Å². The standard InChI is InChI=1S/C22H23N3OS2/c26-20(18-13-11-17(12-14-18)16-7-3-1-4-8-16)15-27-22-25-24-21(28-22)23-19-9-5-2-6-10-19/h2,5-6,9-14,16H,1,3-4,7-8,15H2,(H,23,24). The number of thioether (sulfide) groups is 1. The van der Waals surface area contributed by atoms with Gasteiger partial charge in [0, 0.05) is 11.3 Å². The maximum absolute atomic E-state index is 12.5. The Morgan fingerprint density at radius 3 is 2.50 bits per heavy atom. The van der Waals surface area contributed by atoms with E-state index >= 15 is 0 Å². The van der Waals surface area contributed by atoms with E-state index < -0.39 is 0 Å². The summed E-state index contributed by atoms with van der Waals surface area (Å²) in [5.74, 6) is 1.18. The Morgan fingerprint density at radius 1 is 1.00 bits per heavy atom. The maximum atomic E-state index is 12.5. The molecule has 0 radical (unpaired) electrons. The molecule has 1 aliphatic rings. The highest BCUT2D eigenvalue weighted by atomic mass is 32.2. The van der Waals surface area contributed by atoms with Crippen LogP contribution >= 0.6 is 23.1 Å². The zero-order valence-corrected chi connectivity index (χ0v) is 17.3. The zero-order valence-electron chi connectivity index (χ0n) is 15.6. The van der Waals surface area contributed by atoms with Crippen molar-refractivity contribution in [2.45, 2.75) is 42.4 Å². The Bertz CT molecular complexity index is 903. The molecule has 0 unspecified atom stereocenters.